The molecule has 0 aliphatic heterocycles. The molecule has 0 fully saturated rings. The summed E-state index contributed by atoms with van der Waals surface area (Å²) >= 11 is 5.24. The topological polar surface area (TPSA) is 95.5 Å². The van der Waals surface area contributed by atoms with Crippen molar-refractivity contribution in [2.24, 2.45) is 0 Å². The second-order valence-electron chi connectivity index (χ2n) is 4.86. The molecule has 0 radical (unpaired) electrons. The van der Waals surface area contributed by atoms with E-state index in [4.69, 9.17) is 16.2 Å². The molecular weight excluding hydrogens is 404 g/mol. The number of carbonyl (C=O) groups is 1. The first-order valence-electron chi connectivity index (χ1n) is 6.61. The normalized spacial score (nSPS) is 11.3. The van der Waals surface area contributed by atoms with Crippen LogP contribution in [0.25, 0.3) is 0 Å². The minimum Gasteiger partial charge on any atom is -0.346 e. The molecule has 0 spiro atoms. The molecule has 0 aromatic heterocycles. The van der Waals surface area contributed by atoms with E-state index in [1.165, 1.54) is 0 Å². The first-order valence-corrected chi connectivity index (χ1v) is 8.58. The van der Waals surface area contributed by atoms with Gasteiger partial charge in [0, 0.05) is 5.69 Å². The lowest BCUT2D eigenvalue weighted by Gasteiger charge is -2.13. The molecule has 3 N–H and O–H groups in total. The third kappa shape index (κ3) is 4.42. The summed E-state index contributed by atoms with van der Waals surface area (Å²) in [6.07, 6.45) is 0. The fourth-order valence-corrected chi connectivity index (χ4v) is 2.47. The molecule has 0 aliphatic carbocycles. The Morgan fingerprint density at radius 2 is 1.38 bits per heavy atom. The third-order valence-corrected chi connectivity index (χ3v) is 4.08. The number of alkyl halides is 1. The first kappa shape index (κ1) is 19.9. The van der Waals surface area contributed by atoms with Crippen molar-refractivity contribution in [3.8, 4) is 0 Å². The Hall–Kier alpha value is -2.37. The van der Waals surface area contributed by atoms with Crippen molar-refractivity contribution in [3.05, 3.63) is 47.5 Å². The second kappa shape index (κ2) is 7.48. The van der Waals surface area contributed by atoms with Gasteiger partial charge in [-0.05, 0) is 24.3 Å². The van der Waals surface area contributed by atoms with Crippen LogP contribution in [0.1, 0.15) is 0 Å². The molecule has 12 heteroatoms. The molecule has 0 saturated heterocycles. The number of halogens is 5. The maximum Gasteiger partial charge on any atom is 0.294 e. The van der Waals surface area contributed by atoms with Gasteiger partial charge in [0.2, 0.25) is 5.91 Å². The van der Waals surface area contributed by atoms with Gasteiger partial charge in [-0.25, -0.2) is 17.6 Å². The van der Waals surface area contributed by atoms with Crippen LogP contribution >= 0.6 is 11.6 Å². The fourth-order valence-electron chi connectivity index (χ4n) is 1.90. The minimum atomic E-state index is -4.88. The predicted molar refractivity (Wildman–Crippen MR) is 85.2 cm³/mol. The van der Waals surface area contributed by atoms with Crippen molar-refractivity contribution in [1.29, 1.82) is 0 Å². The van der Waals surface area contributed by atoms with Gasteiger partial charge in [-0.15, -0.1) is 11.6 Å². The summed E-state index contributed by atoms with van der Waals surface area (Å²) in [5.41, 5.74) is -2.28. The van der Waals surface area contributed by atoms with E-state index in [0.717, 1.165) is 0 Å². The van der Waals surface area contributed by atoms with Gasteiger partial charge >= 0.3 is 0 Å². The first-order chi connectivity index (χ1) is 12.0. The summed E-state index contributed by atoms with van der Waals surface area (Å²) < 4.78 is 86.4. The van der Waals surface area contributed by atoms with Gasteiger partial charge in [0.25, 0.3) is 10.1 Å². The Balaban J connectivity index is 2.42. The molecule has 0 aliphatic rings. The Morgan fingerprint density at radius 3 is 1.77 bits per heavy atom. The fraction of sp³-hybridized carbons (Fsp3) is 0.0714. The Morgan fingerprint density at radius 1 is 0.962 bits per heavy atom. The highest BCUT2D eigenvalue weighted by Gasteiger charge is 2.21. The van der Waals surface area contributed by atoms with Crippen LogP contribution in [0.15, 0.2) is 29.2 Å². The lowest BCUT2D eigenvalue weighted by atomic mass is 10.2. The average molecular weight is 413 g/mol. The maximum absolute atomic E-state index is 14.0. The Labute approximate surface area is 149 Å². The van der Waals surface area contributed by atoms with Gasteiger partial charge in [0.1, 0.15) is 17.3 Å². The molecule has 2 aromatic carbocycles. The van der Waals surface area contributed by atoms with Gasteiger partial charge in [0.15, 0.2) is 23.3 Å². The van der Waals surface area contributed by atoms with E-state index < -0.39 is 61.4 Å². The molecule has 2 rings (SSSR count). The van der Waals surface area contributed by atoms with Crippen molar-refractivity contribution < 1.29 is 35.3 Å². The van der Waals surface area contributed by atoms with Crippen LogP contribution < -0.4 is 10.6 Å². The van der Waals surface area contributed by atoms with Crippen LogP contribution in [0.4, 0.5) is 34.6 Å². The molecule has 0 unspecified atom stereocenters. The van der Waals surface area contributed by atoms with Gasteiger partial charge in [-0.1, -0.05) is 0 Å². The van der Waals surface area contributed by atoms with E-state index in [2.05, 4.69) is 5.32 Å². The molecule has 0 atom stereocenters. The molecule has 0 bridgehead atoms. The van der Waals surface area contributed by atoms with Crippen LogP contribution in [-0.4, -0.2) is 24.8 Å². The SMILES string of the molecule is O=C(CCl)Nc1cc(F)c(Nc2c(F)cc(S(=O)(=O)O)cc2F)c(F)c1. The Kier molecular flexibility index (Phi) is 5.74. The highest BCUT2D eigenvalue weighted by Crippen LogP contribution is 2.31. The third-order valence-electron chi connectivity index (χ3n) is 3.01. The number of amides is 1. The molecule has 1 amide bonds. The van der Waals surface area contributed by atoms with Crippen molar-refractivity contribution in [2.45, 2.75) is 4.90 Å². The summed E-state index contributed by atoms with van der Waals surface area (Å²) in [6, 6.07) is 1.90. The quantitative estimate of drug-likeness (QED) is 0.397. The summed E-state index contributed by atoms with van der Waals surface area (Å²) in [5, 5.41) is 3.92. The molecule has 0 saturated carbocycles. The summed E-state index contributed by atoms with van der Waals surface area (Å²) in [5.74, 6) is -6.82. The van der Waals surface area contributed by atoms with E-state index >= 15 is 0 Å². The van der Waals surface area contributed by atoms with E-state index in [-0.39, 0.29) is 17.8 Å². The van der Waals surface area contributed by atoms with Crippen molar-refractivity contribution in [3.63, 3.8) is 0 Å². The Bertz CT molecular complexity index is 939. The van der Waals surface area contributed by atoms with Gasteiger partial charge in [0.05, 0.1) is 4.90 Å². The zero-order chi connectivity index (χ0) is 19.6. The van der Waals surface area contributed by atoms with Crippen LogP contribution in [0.2, 0.25) is 0 Å². The number of anilines is 3. The van der Waals surface area contributed by atoms with Crippen molar-refractivity contribution in [1.82, 2.24) is 0 Å². The predicted octanol–water partition coefficient (Wildman–Crippen LogP) is 3.41. The summed E-state index contributed by atoms with van der Waals surface area (Å²) in [6.45, 7) is 0. The standard InChI is InChI=1S/C14H9ClF4N2O4S/c15-5-12(22)20-6-1-8(16)13(9(17)2-6)21-14-10(18)3-7(4-11(14)19)26(23,24)25/h1-4,21H,5H2,(H,20,22)(H,23,24,25). The van der Waals surface area contributed by atoms with Crippen molar-refractivity contribution >= 4 is 44.7 Å². The van der Waals surface area contributed by atoms with Crippen LogP contribution in [0.5, 0.6) is 0 Å². The van der Waals surface area contributed by atoms with Gasteiger partial charge < -0.3 is 10.6 Å². The molecule has 140 valence electrons. The van der Waals surface area contributed by atoms with E-state index in [1.807, 2.05) is 5.32 Å². The van der Waals surface area contributed by atoms with E-state index in [9.17, 15) is 30.8 Å². The number of carbonyl (C=O) groups excluding carboxylic acids is 1. The molecule has 26 heavy (non-hydrogen) atoms. The van der Waals surface area contributed by atoms with Crippen LogP contribution in [0, 0.1) is 23.3 Å². The summed E-state index contributed by atoms with van der Waals surface area (Å²) in [4.78, 5) is 10.0. The molecule has 0 heterocycles. The summed E-state index contributed by atoms with van der Waals surface area (Å²) in [7, 11) is -4.88. The highest BCUT2D eigenvalue weighted by molar-refractivity contribution is 7.85. The molecule has 6 nitrogen and oxygen atoms in total. The largest absolute Gasteiger partial charge is 0.346 e. The van der Waals surface area contributed by atoms with E-state index in [1.54, 1.807) is 0 Å². The maximum atomic E-state index is 14.0. The number of hydrogen-bond acceptors (Lipinski definition) is 4. The smallest absolute Gasteiger partial charge is 0.294 e. The zero-order valence-corrected chi connectivity index (χ0v) is 14.1. The molecular formula is C14H9ClF4N2O4S. The van der Waals surface area contributed by atoms with Crippen LogP contribution in [0.3, 0.4) is 0 Å². The minimum absolute atomic E-state index is 0.269. The number of nitrogens with one attached hydrogen (secondary N) is 2. The van der Waals surface area contributed by atoms with E-state index in [0.29, 0.717) is 12.1 Å². The number of rotatable bonds is 5. The monoisotopic (exact) mass is 412 g/mol. The lowest BCUT2D eigenvalue weighted by molar-refractivity contribution is -0.113. The number of hydrogen-bond donors (Lipinski definition) is 3. The zero-order valence-electron chi connectivity index (χ0n) is 12.5. The van der Waals surface area contributed by atoms with Crippen molar-refractivity contribution in [2.75, 3.05) is 16.5 Å². The number of benzene rings is 2. The highest BCUT2D eigenvalue weighted by atomic mass is 35.5. The molecule has 2 aromatic rings. The van der Waals surface area contributed by atoms with Crippen LogP contribution in [-0.2, 0) is 14.9 Å². The van der Waals surface area contributed by atoms with Gasteiger partial charge in [-0.2, -0.15) is 8.42 Å². The lowest BCUT2D eigenvalue weighted by Crippen LogP contribution is -2.13. The average Bonchev–Trinajstić information content (AvgIpc) is 2.51. The second-order valence-corrected chi connectivity index (χ2v) is 6.55. The van der Waals surface area contributed by atoms with Gasteiger partial charge in [-0.3, -0.25) is 9.35 Å².